The number of anilines is 1. The van der Waals surface area contributed by atoms with E-state index < -0.39 is 0 Å². The molecule has 2 heterocycles. The minimum absolute atomic E-state index is 0.0397. The zero-order chi connectivity index (χ0) is 25.3. The van der Waals surface area contributed by atoms with Crippen molar-refractivity contribution in [1.82, 2.24) is 14.9 Å². The van der Waals surface area contributed by atoms with Gasteiger partial charge in [-0.1, -0.05) is 18.2 Å². The van der Waals surface area contributed by atoms with Gasteiger partial charge in [-0.25, -0.2) is 15.0 Å². The molecule has 2 aromatic carbocycles. The smallest absolute Gasteiger partial charge is 0.247 e. The van der Waals surface area contributed by atoms with Crippen molar-refractivity contribution >= 4 is 29.5 Å². The first-order valence-electron chi connectivity index (χ1n) is 11.5. The molecule has 1 atom stereocenters. The molecule has 1 amide bonds. The number of nitrogens with zero attached hydrogens (tertiary/aromatic N) is 5. The number of nitriles is 1. The summed E-state index contributed by atoms with van der Waals surface area (Å²) in [7, 11) is 0. The number of benzene rings is 2. The third kappa shape index (κ3) is 5.98. The molecule has 36 heavy (non-hydrogen) atoms. The highest BCUT2D eigenvalue weighted by Gasteiger charge is 2.23. The van der Waals surface area contributed by atoms with E-state index in [0.29, 0.717) is 35.9 Å². The molecule has 1 aliphatic heterocycles. The Morgan fingerprint density at radius 2 is 1.92 bits per heavy atom. The normalized spacial score (nSPS) is 15.6. The lowest BCUT2D eigenvalue weighted by atomic mass is 9.99. The van der Waals surface area contributed by atoms with Crippen LogP contribution in [0.2, 0.25) is 0 Å². The average molecular weight is 481 g/mol. The van der Waals surface area contributed by atoms with Crippen molar-refractivity contribution in [3.8, 4) is 17.6 Å². The summed E-state index contributed by atoms with van der Waals surface area (Å²) in [5, 5.41) is 15.1. The zero-order valence-corrected chi connectivity index (χ0v) is 19.6. The van der Waals surface area contributed by atoms with Crippen LogP contribution in [-0.4, -0.2) is 45.8 Å². The molecule has 1 saturated heterocycles. The summed E-state index contributed by atoms with van der Waals surface area (Å²) in [5.74, 6) is 1.86. The number of rotatable bonds is 7. The van der Waals surface area contributed by atoms with Crippen LogP contribution in [-0.2, 0) is 4.79 Å². The Morgan fingerprint density at radius 3 is 2.67 bits per heavy atom. The molecule has 4 rings (SSSR count). The number of aliphatic imine (C=N–C) groups is 1. The van der Waals surface area contributed by atoms with Crippen LogP contribution in [0.15, 0.2) is 78.1 Å². The average Bonchev–Trinajstić information content (AvgIpc) is 2.91. The molecule has 180 valence electrons. The molecule has 9 heteroatoms. The number of nitrogens with two attached hydrogens (primary N) is 2. The number of para-hydroxylation sites is 1. The van der Waals surface area contributed by atoms with Crippen LogP contribution in [0.5, 0.6) is 11.5 Å². The number of hydrogen-bond acceptors (Lipinski definition) is 7. The summed E-state index contributed by atoms with van der Waals surface area (Å²) in [6.45, 7) is 1.16. The van der Waals surface area contributed by atoms with Gasteiger partial charge in [0, 0.05) is 42.9 Å². The van der Waals surface area contributed by atoms with Gasteiger partial charge in [-0.05, 0) is 49.2 Å². The van der Waals surface area contributed by atoms with Crippen molar-refractivity contribution in [3.63, 3.8) is 0 Å². The zero-order valence-electron chi connectivity index (χ0n) is 19.6. The first-order chi connectivity index (χ1) is 17.5. The quantitative estimate of drug-likeness (QED) is 0.302. The van der Waals surface area contributed by atoms with Crippen LogP contribution < -0.4 is 15.9 Å². The second kappa shape index (κ2) is 11.5. The monoisotopic (exact) mass is 480 g/mol. The first-order valence-corrected chi connectivity index (χ1v) is 11.5. The standard InChI is InChI=1S/C27H25N7O2/c28-14-4-9-23(35)34-15-5-6-19(17-34)16-31-27-24(26(30)32-18-33-27)25(29)20-10-12-22(13-11-20)36-21-7-2-1-3-8-21/h1-4,7-13,16,18-19,29H,5-6,15,17H2,(H2,30,32,33)/p+1/b9-4+,29-25?,31-16?. The fourth-order valence-electron chi connectivity index (χ4n) is 3.94. The Labute approximate surface area is 209 Å². The van der Waals surface area contributed by atoms with Gasteiger partial charge in [0.05, 0.1) is 6.07 Å². The number of amides is 1. The molecule has 9 nitrogen and oxygen atoms in total. The number of hydrogen-bond donors (Lipinski definition) is 2. The molecule has 1 aliphatic rings. The third-order valence-electron chi connectivity index (χ3n) is 5.75. The van der Waals surface area contributed by atoms with E-state index in [2.05, 4.69) is 15.0 Å². The number of aromatic nitrogens is 2. The van der Waals surface area contributed by atoms with Crippen molar-refractivity contribution in [2.75, 3.05) is 18.8 Å². The second-order valence-electron chi connectivity index (χ2n) is 8.24. The lowest BCUT2D eigenvalue weighted by molar-refractivity contribution is -0.127. The summed E-state index contributed by atoms with van der Waals surface area (Å²) < 4.78 is 5.85. The van der Waals surface area contributed by atoms with Gasteiger partial charge in [-0.15, -0.1) is 0 Å². The number of carbonyl (C=O) groups is 1. The minimum Gasteiger partial charge on any atom is -0.457 e. The Balaban J connectivity index is 1.50. The van der Waals surface area contributed by atoms with E-state index in [1.807, 2.05) is 60.7 Å². The summed E-state index contributed by atoms with van der Waals surface area (Å²) in [6, 6.07) is 18.7. The molecule has 0 radical (unpaired) electrons. The molecule has 0 saturated carbocycles. The maximum Gasteiger partial charge on any atom is 0.247 e. The van der Waals surface area contributed by atoms with E-state index in [1.54, 1.807) is 11.1 Å². The van der Waals surface area contributed by atoms with Gasteiger partial charge in [0.15, 0.2) is 5.82 Å². The van der Waals surface area contributed by atoms with Gasteiger partial charge in [-0.3, -0.25) is 10.2 Å². The maximum atomic E-state index is 12.2. The Morgan fingerprint density at radius 1 is 1.17 bits per heavy atom. The Kier molecular flexibility index (Phi) is 7.78. The Bertz CT molecular complexity index is 1330. The molecule has 0 aliphatic carbocycles. The van der Waals surface area contributed by atoms with Crippen LogP contribution in [0.3, 0.4) is 0 Å². The predicted molar refractivity (Wildman–Crippen MR) is 137 cm³/mol. The number of carbonyl (C=O) groups excluding carboxylic acids is 1. The predicted octanol–water partition coefficient (Wildman–Crippen LogP) is 2.47. The van der Waals surface area contributed by atoms with E-state index in [-0.39, 0.29) is 17.6 Å². The van der Waals surface area contributed by atoms with Crippen LogP contribution in [0.25, 0.3) is 0 Å². The van der Waals surface area contributed by atoms with Crippen molar-refractivity contribution in [3.05, 3.63) is 84.2 Å². The number of nitrogen functional groups attached to an aromatic ring is 1. The molecule has 0 spiro atoms. The number of likely N-dealkylation sites (tertiary alicyclic amines) is 1. The van der Waals surface area contributed by atoms with Crippen molar-refractivity contribution in [1.29, 1.82) is 5.26 Å². The van der Waals surface area contributed by atoms with Crippen LogP contribution in [0, 0.1) is 17.2 Å². The van der Waals surface area contributed by atoms with Crippen molar-refractivity contribution in [2.45, 2.75) is 12.8 Å². The minimum atomic E-state index is -0.182. The molecule has 3 aromatic rings. The number of piperidine rings is 1. The maximum absolute atomic E-state index is 12.2. The lowest BCUT2D eigenvalue weighted by Crippen LogP contribution is -2.41. The fourth-order valence-corrected chi connectivity index (χ4v) is 3.94. The summed E-state index contributed by atoms with van der Waals surface area (Å²) >= 11 is 0. The summed E-state index contributed by atoms with van der Waals surface area (Å²) in [6.07, 6.45) is 7.33. The van der Waals surface area contributed by atoms with Gasteiger partial charge in [-0.2, -0.15) is 5.26 Å². The largest absolute Gasteiger partial charge is 0.457 e. The topological polar surface area (TPSA) is 143 Å². The summed E-state index contributed by atoms with van der Waals surface area (Å²) in [4.78, 5) is 26.9. The van der Waals surface area contributed by atoms with Crippen molar-refractivity contribution < 1.29 is 14.9 Å². The van der Waals surface area contributed by atoms with E-state index in [9.17, 15) is 4.79 Å². The van der Waals surface area contributed by atoms with Crippen molar-refractivity contribution in [2.24, 2.45) is 10.9 Å². The van der Waals surface area contributed by atoms with Gasteiger partial charge >= 0.3 is 0 Å². The molecular weight excluding hydrogens is 454 g/mol. The van der Waals surface area contributed by atoms with Gasteiger partial charge in [0.25, 0.3) is 0 Å². The first kappa shape index (κ1) is 24.3. The molecule has 0 bridgehead atoms. The molecule has 4 N–H and O–H groups in total. The lowest BCUT2D eigenvalue weighted by Gasteiger charge is -2.30. The number of ether oxygens (including phenoxy) is 1. The molecular formula is C27H26N7O2+. The molecule has 1 aromatic heterocycles. The highest BCUT2D eigenvalue weighted by atomic mass is 16.5. The highest BCUT2D eigenvalue weighted by Crippen LogP contribution is 2.26. The third-order valence-corrected chi connectivity index (χ3v) is 5.75. The summed E-state index contributed by atoms with van der Waals surface area (Å²) in [5.41, 5.74) is 7.75. The van der Waals surface area contributed by atoms with E-state index >= 15 is 0 Å². The fraction of sp³-hybridized carbons (Fsp3) is 0.185. The van der Waals surface area contributed by atoms with E-state index in [0.717, 1.165) is 24.2 Å². The molecule has 1 fully saturated rings. The van der Waals surface area contributed by atoms with E-state index in [4.69, 9.17) is 21.1 Å². The van der Waals surface area contributed by atoms with Crippen LogP contribution in [0.4, 0.5) is 11.6 Å². The van der Waals surface area contributed by atoms with Gasteiger partial charge < -0.3 is 15.4 Å². The second-order valence-corrected chi connectivity index (χ2v) is 8.24. The van der Waals surface area contributed by atoms with E-state index in [1.165, 1.54) is 18.5 Å². The SMILES string of the molecule is N#C/C=C/C(=O)N1CCCC(C=Nc2ncnc(N)c2C(=[NH2+])c2ccc(Oc3ccccc3)cc2)C1. The highest BCUT2D eigenvalue weighted by molar-refractivity contribution is 6.14. The number of allylic oxidation sites excluding steroid dienone is 1. The van der Waals surface area contributed by atoms with Gasteiger partial charge in [0.1, 0.15) is 29.2 Å². The van der Waals surface area contributed by atoms with Crippen LogP contribution in [0.1, 0.15) is 24.0 Å². The molecule has 1 unspecified atom stereocenters. The van der Waals surface area contributed by atoms with Crippen LogP contribution >= 0.6 is 0 Å². The Hall–Kier alpha value is -4.84. The van der Waals surface area contributed by atoms with Gasteiger partial charge in [0.2, 0.25) is 11.6 Å².